The number of nitrogens with one attached hydrogen (secondary N) is 2. The molecule has 1 heterocycles. The van der Waals surface area contributed by atoms with Crippen molar-refractivity contribution in [2.75, 3.05) is 6.54 Å². The van der Waals surface area contributed by atoms with E-state index in [4.69, 9.17) is 5.11 Å². The normalized spacial score (nSPS) is 26.6. The Morgan fingerprint density at radius 1 is 1.69 bits per heavy atom. The monoisotopic (exact) mass is 186 g/mol. The van der Waals surface area contributed by atoms with Crippen LogP contribution in [0.4, 0.5) is 0 Å². The average Bonchev–Trinajstić information content (AvgIpc) is 1.93. The third kappa shape index (κ3) is 2.69. The highest BCUT2D eigenvalue weighted by Gasteiger charge is 2.32. The highest BCUT2D eigenvalue weighted by molar-refractivity contribution is 5.87. The van der Waals surface area contributed by atoms with Crippen LogP contribution in [-0.2, 0) is 9.59 Å². The third-order valence-electron chi connectivity index (χ3n) is 1.95. The fourth-order valence-electron chi connectivity index (χ4n) is 1.28. The van der Waals surface area contributed by atoms with Crippen LogP contribution in [0, 0.1) is 0 Å². The third-order valence-corrected chi connectivity index (χ3v) is 1.95. The summed E-state index contributed by atoms with van der Waals surface area (Å²) in [6.07, 6.45) is -0.165. The molecule has 3 N–H and O–H groups in total. The Morgan fingerprint density at radius 3 is 2.77 bits per heavy atom. The number of amides is 1. The van der Waals surface area contributed by atoms with Gasteiger partial charge in [0.1, 0.15) is 0 Å². The standard InChI is InChI=1S/C8H14N2O3/c1-8(2)4-9-5(3-6(11)12)7(13)10-8/h5,9H,3-4H2,1-2H3,(H,10,13)(H,11,12). The molecule has 0 aliphatic carbocycles. The lowest BCUT2D eigenvalue weighted by molar-refractivity contribution is -0.141. The van der Waals surface area contributed by atoms with Crippen molar-refractivity contribution in [1.29, 1.82) is 0 Å². The van der Waals surface area contributed by atoms with Crippen molar-refractivity contribution in [2.24, 2.45) is 0 Å². The molecule has 1 amide bonds. The van der Waals surface area contributed by atoms with Gasteiger partial charge in [0, 0.05) is 12.1 Å². The summed E-state index contributed by atoms with van der Waals surface area (Å²) in [7, 11) is 0. The number of carbonyl (C=O) groups is 2. The molecule has 1 saturated heterocycles. The minimum absolute atomic E-state index is 0.165. The van der Waals surface area contributed by atoms with Crippen LogP contribution in [0.5, 0.6) is 0 Å². The first-order chi connectivity index (χ1) is 5.91. The van der Waals surface area contributed by atoms with E-state index in [1.165, 1.54) is 0 Å². The summed E-state index contributed by atoms with van der Waals surface area (Å²) in [5.41, 5.74) is -0.286. The lowest BCUT2D eigenvalue weighted by Crippen LogP contribution is -2.63. The van der Waals surface area contributed by atoms with E-state index in [2.05, 4.69) is 10.6 Å². The van der Waals surface area contributed by atoms with Crippen LogP contribution in [0.2, 0.25) is 0 Å². The molecule has 1 rings (SSSR count). The van der Waals surface area contributed by atoms with Crippen LogP contribution in [-0.4, -0.2) is 35.1 Å². The molecule has 1 atom stereocenters. The molecule has 1 unspecified atom stereocenters. The van der Waals surface area contributed by atoms with Gasteiger partial charge in [0.25, 0.3) is 0 Å². The predicted molar refractivity (Wildman–Crippen MR) is 46.3 cm³/mol. The second-order valence-electron chi connectivity index (χ2n) is 3.90. The van der Waals surface area contributed by atoms with E-state index in [-0.39, 0.29) is 17.9 Å². The highest BCUT2D eigenvalue weighted by Crippen LogP contribution is 2.08. The maximum atomic E-state index is 11.3. The van der Waals surface area contributed by atoms with Crippen molar-refractivity contribution in [2.45, 2.75) is 31.8 Å². The molecule has 1 aliphatic rings. The number of carboxylic acids is 1. The van der Waals surface area contributed by atoms with E-state index in [1.54, 1.807) is 0 Å². The summed E-state index contributed by atoms with van der Waals surface area (Å²) in [4.78, 5) is 21.7. The molecule has 1 aliphatic heterocycles. The maximum absolute atomic E-state index is 11.3. The zero-order chi connectivity index (χ0) is 10.1. The van der Waals surface area contributed by atoms with Crippen molar-refractivity contribution in [1.82, 2.24) is 10.6 Å². The number of carboxylic acid groups (broad SMARTS) is 1. The van der Waals surface area contributed by atoms with Gasteiger partial charge in [-0.3, -0.25) is 9.59 Å². The molecular formula is C8H14N2O3. The van der Waals surface area contributed by atoms with Crippen LogP contribution in [0.25, 0.3) is 0 Å². The first kappa shape index (κ1) is 9.98. The molecule has 0 radical (unpaired) electrons. The summed E-state index contributed by atoms with van der Waals surface area (Å²) in [6, 6.07) is -0.592. The lowest BCUT2D eigenvalue weighted by Gasteiger charge is -2.35. The Morgan fingerprint density at radius 2 is 2.31 bits per heavy atom. The van der Waals surface area contributed by atoms with Crippen LogP contribution in [0.15, 0.2) is 0 Å². The molecule has 0 bridgehead atoms. The molecule has 13 heavy (non-hydrogen) atoms. The number of carbonyl (C=O) groups excluding carboxylic acids is 1. The summed E-state index contributed by atoms with van der Waals surface area (Å²) >= 11 is 0. The minimum Gasteiger partial charge on any atom is -0.481 e. The number of hydrogen-bond acceptors (Lipinski definition) is 3. The Bertz CT molecular complexity index is 238. The smallest absolute Gasteiger partial charge is 0.305 e. The van der Waals surface area contributed by atoms with Gasteiger partial charge in [-0.15, -0.1) is 0 Å². The second kappa shape index (κ2) is 3.33. The van der Waals surface area contributed by atoms with Crippen LogP contribution in [0.3, 0.4) is 0 Å². The van der Waals surface area contributed by atoms with E-state index in [9.17, 15) is 9.59 Å². The van der Waals surface area contributed by atoms with E-state index >= 15 is 0 Å². The molecule has 1 fully saturated rings. The topological polar surface area (TPSA) is 78.4 Å². The van der Waals surface area contributed by atoms with Gasteiger partial charge in [-0.2, -0.15) is 0 Å². The molecule has 5 nitrogen and oxygen atoms in total. The van der Waals surface area contributed by atoms with Gasteiger partial charge in [0.05, 0.1) is 12.5 Å². The van der Waals surface area contributed by atoms with Gasteiger partial charge in [0.2, 0.25) is 5.91 Å². The number of hydrogen-bond donors (Lipinski definition) is 3. The molecule has 0 aromatic heterocycles. The first-order valence-corrected chi connectivity index (χ1v) is 4.18. The van der Waals surface area contributed by atoms with Crippen molar-refractivity contribution >= 4 is 11.9 Å². The van der Waals surface area contributed by atoms with E-state index in [1.807, 2.05) is 13.8 Å². The Kier molecular flexibility index (Phi) is 2.56. The highest BCUT2D eigenvalue weighted by atomic mass is 16.4. The number of piperazine rings is 1. The molecule has 0 aromatic carbocycles. The lowest BCUT2D eigenvalue weighted by atomic mass is 9.99. The summed E-state index contributed by atoms with van der Waals surface area (Å²) in [5, 5.41) is 14.1. The van der Waals surface area contributed by atoms with Gasteiger partial charge in [-0.05, 0) is 13.8 Å². The quantitative estimate of drug-likeness (QED) is 0.534. The van der Waals surface area contributed by atoms with Crippen molar-refractivity contribution < 1.29 is 14.7 Å². The van der Waals surface area contributed by atoms with Gasteiger partial charge in [0.15, 0.2) is 0 Å². The zero-order valence-corrected chi connectivity index (χ0v) is 7.76. The van der Waals surface area contributed by atoms with Gasteiger partial charge >= 0.3 is 5.97 Å². The molecular weight excluding hydrogens is 172 g/mol. The summed E-state index contributed by atoms with van der Waals surface area (Å²) in [6.45, 7) is 4.36. The number of rotatable bonds is 2. The Hall–Kier alpha value is -1.10. The van der Waals surface area contributed by atoms with E-state index in [0.717, 1.165) is 0 Å². The summed E-state index contributed by atoms with van der Waals surface area (Å²) in [5.74, 6) is -1.20. The van der Waals surface area contributed by atoms with Crippen molar-refractivity contribution in [3.05, 3.63) is 0 Å². The van der Waals surface area contributed by atoms with Gasteiger partial charge in [-0.1, -0.05) is 0 Å². The van der Waals surface area contributed by atoms with Gasteiger partial charge in [-0.25, -0.2) is 0 Å². The molecule has 74 valence electrons. The minimum atomic E-state index is -0.965. The maximum Gasteiger partial charge on any atom is 0.305 e. The molecule has 0 aromatic rings. The summed E-state index contributed by atoms with van der Waals surface area (Å²) < 4.78 is 0. The van der Waals surface area contributed by atoms with E-state index in [0.29, 0.717) is 6.54 Å². The van der Waals surface area contributed by atoms with Crippen molar-refractivity contribution in [3.8, 4) is 0 Å². The van der Waals surface area contributed by atoms with Crippen LogP contribution >= 0.6 is 0 Å². The Labute approximate surface area is 76.5 Å². The first-order valence-electron chi connectivity index (χ1n) is 4.18. The fourth-order valence-corrected chi connectivity index (χ4v) is 1.28. The molecule has 0 saturated carbocycles. The SMILES string of the molecule is CC1(C)CNC(CC(=O)O)C(=O)N1. The Balaban J connectivity index is 2.54. The van der Waals surface area contributed by atoms with Crippen molar-refractivity contribution in [3.63, 3.8) is 0 Å². The van der Waals surface area contributed by atoms with Crippen LogP contribution in [0.1, 0.15) is 20.3 Å². The fraction of sp³-hybridized carbons (Fsp3) is 0.750. The largest absolute Gasteiger partial charge is 0.481 e. The number of aliphatic carboxylic acids is 1. The predicted octanol–water partition coefficient (Wildman–Crippen LogP) is -0.672. The molecule has 0 spiro atoms. The van der Waals surface area contributed by atoms with E-state index < -0.39 is 12.0 Å². The second-order valence-corrected chi connectivity index (χ2v) is 3.90. The molecule has 5 heteroatoms. The van der Waals surface area contributed by atoms with Gasteiger partial charge < -0.3 is 15.7 Å². The average molecular weight is 186 g/mol. The zero-order valence-electron chi connectivity index (χ0n) is 7.76. The van der Waals surface area contributed by atoms with Crippen LogP contribution < -0.4 is 10.6 Å².